The average Bonchev–Trinajstić information content (AvgIpc) is 3.49. The van der Waals surface area contributed by atoms with Crippen LogP contribution in [0.15, 0.2) is 30.3 Å². The molecule has 294 valence electrons. The molecule has 0 saturated heterocycles. The number of carboxylic acids is 1. The minimum absolute atomic E-state index is 0.0955. The van der Waals surface area contributed by atoms with Crippen molar-refractivity contribution in [1.82, 2.24) is 30.5 Å². The summed E-state index contributed by atoms with van der Waals surface area (Å²) in [5.74, 6) is -1.82. The van der Waals surface area contributed by atoms with Crippen molar-refractivity contribution in [3.05, 3.63) is 36.0 Å². The standard InChI is InChI=1S/C35H58N6O11/c1-28(35(45)46)40(4)34(44)10-13-47-15-17-49-19-21-51-23-24-52-22-20-50-18-16-48-14-11-37-33(43)26-38-32(42)9-12-41-30(27-39(3)36-2)25-29-7-5-6-8-31(29)41/h5-8,25,28,36H,9-24,26-27H2,1-4H3,(H,37,43)(H,38,42)(H,45,46). The number of hydrogen-bond donors (Lipinski definition) is 4. The number of hydrogen-bond acceptors (Lipinski definition) is 12. The van der Waals surface area contributed by atoms with Gasteiger partial charge in [-0.2, -0.15) is 0 Å². The third kappa shape index (κ3) is 18.7. The van der Waals surface area contributed by atoms with Crippen molar-refractivity contribution in [3.8, 4) is 0 Å². The SMILES string of the molecule is CNN(C)Cc1cc2ccccc2n1CCC(=O)NCC(=O)NCCOCCOCCOCCOCCOCCOCCC(=O)N(C)C(C)C(=O)O. The molecular weight excluding hydrogens is 680 g/mol. The molecule has 0 aliphatic heterocycles. The minimum atomic E-state index is -1.05. The van der Waals surface area contributed by atoms with Gasteiger partial charge in [-0.1, -0.05) is 18.2 Å². The van der Waals surface area contributed by atoms with Gasteiger partial charge in [-0.3, -0.25) is 19.8 Å². The second-order valence-electron chi connectivity index (χ2n) is 11.7. The number of carboxylic acid groups (broad SMARTS) is 1. The summed E-state index contributed by atoms with van der Waals surface area (Å²) in [6.45, 7) is 7.33. The van der Waals surface area contributed by atoms with Gasteiger partial charge in [0, 0.05) is 44.8 Å². The lowest BCUT2D eigenvalue weighted by atomic mass is 10.2. The van der Waals surface area contributed by atoms with Crippen LogP contribution in [0.2, 0.25) is 0 Å². The number of para-hydroxylation sites is 1. The Kier molecular flexibility index (Phi) is 23.1. The normalized spacial score (nSPS) is 11.9. The van der Waals surface area contributed by atoms with E-state index in [-0.39, 0.29) is 43.7 Å². The lowest BCUT2D eigenvalue weighted by Crippen LogP contribution is -2.40. The summed E-state index contributed by atoms with van der Waals surface area (Å²) < 4.78 is 34.7. The fraction of sp³-hybridized carbons (Fsp3) is 0.657. The summed E-state index contributed by atoms with van der Waals surface area (Å²) >= 11 is 0. The van der Waals surface area contributed by atoms with Crippen molar-refractivity contribution in [2.75, 3.05) is 114 Å². The number of benzene rings is 1. The monoisotopic (exact) mass is 738 g/mol. The van der Waals surface area contributed by atoms with Gasteiger partial charge in [0.15, 0.2) is 0 Å². The zero-order valence-electron chi connectivity index (χ0n) is 31.1. The molecule has 0 aliphatic carbocycles. The Morgan fingerprint density at radius 1 is 0.750 bits per heavy atom. The number of aliphatic carboxylic acids is 1. The first-order valence-electron chi connectivity index (χ1n) is 17.6. The van der Waals surface area contributed by atoms with Crippen molar-refractivity contribution in [2.24, 2.45) is 0 Å². The van der Waals surface area contributed by atoms with Crippen molar-refractivity contribution in [1.29, 1.82) is 0 Å². The molecule has 0 radical (unpaired) electrons. The van der Waals surface area contributed by atoms with E-state index < -0.39 is 12.0 Å². The van der Waals surface area contributed by atoms with Crippen molar-refractivity contribution >= 4 is 34.6 Å². The smallest absolute Gasteiger partial charge is 0.326 e. The zero-order chi connectivity index (χ0) is 38.0. The number of rotatable bonds is 31. The first kappa shape index (κ1) is 44.5. The maximum Gasteiger partial charge on any atom is 0.326 e. The highest BCUT2D eigenvalue weighted by Gasteiger charge is 2.21. The van der Waals surface area contributed by atoms with Gasteiger partial charge in [0.2, 0.25) is 17.7 Å². The molecule has 0 saturated carbocycles. The highest BCUT2D eigenvalue weighted by Crippen LogP contribution is 2.21. The van der Waals surface area contributed by atoms with E-state index in [1.165, 1.54) is 18.9 Å². The van der Waals surface area contributed by atoms with Crippen molar-refractivity contribution in [3.63, 3.8) is 0 Å². The molecule has 52 heavy (non-hydrogen) atoms. The summed E-state index contributed by atoms with van der Waals surface area (Å²) in [6.07, 6.45) is 0.360. The van der Waals surface area contributed by atoms with E-state index >= 15 is 0 Å². The number of ether oxygens (including phenoxy) is 6. The summed E-state index contributed by atoms with van der Waals surface area (Å²) in [7, 11) is 5.27. The van der Waals surface area contributed by atoms with Gasteiger partial charge in [0.05, 0.1) is 98.8 Å². The van der Waals surface area contributed by atoms with Crippen LogP contribution in [-0.2, 0) is 60.7 Å². The van der Waals surface area contributed by atoms with Gasteiger partial charge >= 0.3 is 5.97 Å². The van der Waals surface area contributed by atoms with E-state index in [0.29, 0.717) is 92.3 Å². The van der Waals surface area contributed by atoms with Crippen LogP contribution in [0.3, 0.4) is 0 Å². The number of aromatic nitrogens is 1. The Bertz CT molecular complexity index is 1330. The van der Waals surface area contributed by atoms with E-state index in [2.05, 4.69) is 32.8 Å². The Hall–Kier alpha value is -3.68. The van der Waals surface area contributed by atoms with Crippen LogP contribution in [-0.4, -0.2) is 163 Å². The number of hydrazine groups is 1. The number of aryl methyl sites for hydroxylation is 1. The number of fused-ring (bicyclic) bond motifs is 1. The summed E-state index contributed by atoms with van der Waals surface area (Å²) in [5.41, 5.74) is 5.26. The average molecular weight is 739 g/mol. The maximum atomic E-state index is 12.5. The van der Waals surface area contributed by atoms with Crippen LogP contribution in [0, 0.1) is 0 Å². The Morgan fingerprint density at radius 2 is 1.29 bits per heavy atom. The largest absolute Gasteiger partial charge is 0.480 e. The van der Waals surface area contributed by atoms with Gasteiger partial charge in [-0.05, 0) is 31.5 Å². The van der Waals surface area contributed by atoms with Crippen LogP contribution in [0.4, 0.5) is 0 Å². The molecule has 1 unspecified atom stereocenters. The summed E-state index contributed by atoms with van der Waals surface area (Å²) in [6, 6.07) is 9.33. The van der Waals surface area contributed by atoms with Gasteiger partial charge in [-0.15, -0.1) is 0 Å². The van der Waals surface area contributed by atoms with E-state index in [0.717, 1.165) is 16.6 Å². The molecule has 0 bridgehead atoms. The second-order valence-corrected chi connectivity index (χ2v) is 11.7. The molecule has 4 N–H and O–H groups in total. The number of nitrogens with zero attached hydrogens (tertiary/aromatic N) is 3. The second kappa shape index (κ2) is 27.0. The van der Waals surface area contributed by atoms with Gasteiger partial charge < -0.3 is 53.6 Å². The predicted molar refractivity (Wildman–Crippen MR) is 192 cm³/mol. The van der Waals surface area contributed by atoms with Crippen LogP contribution in [0.5, 0.6) is 0 Å². The van der Waals surface area contributed by atoms with Crippen LogP contribution >= 0.6 is 0 Å². The van der Waals surface area contributed by atoms with Crippen molar-refractivity contribution in [2.45, 2.75) is 38.9 Å². The van der Waals surface area contributed by atoms with Gasteiger partial charge in [0.25, 0.3) is 0 Å². The fourth-order valence-electron chi connectivity index (χ4n) is 4.71. The minimum Gasteiger partial charge on any atom is -0.480 e. The highest BCUT2D eigenvalue weighted by atomic mass is 16.6. The molecule has 17 nitrogen and oxygen atoms in total. The predicted octanol–water partition coefficient (Wildman–Crippen LogP) is 0.251. The van der Waals surface area contributed by atoms with E-state index in [9.17, 15) is 19.2 Å². The Morgan fingerprint density at radius 3 is 1.85 bits per heavy atom. The first-order valence-corrected chi connectivity index (χ1v) is 17.6. The number of amides is 3. The third-order valence-corrected chi connectivity index (χ3v) is 7.91. The molecule has 2 rings (SSSR count). The Balaban J connectivity index is 1.34. The lowest BCUT2D eigenvalue weighted by molar-refractivity contribution is -0.148. The molecule has 3 amide bonds. The molecule has 17 heteroatoms. The molecule has 1 aromatic carbocycles. The van der Waals surface area contributed by atoms with E-state index in [1.807, 2.05) is 37.3 Å². The zero-order valence-corrected chi connectivity index (χ0v) is 31.1. The number of carbonyl (C=O) groups excluding carboxylic acids is 3. The van der Waals surface area contributed by atoms with E-state index in [1.54, 1.807) is 0 Å². The molecule has 0 fully saturated rings. The topological polar surface area (TPSA) is 191 Å². The number of likely N-dealkylation sites (N-methyl/N-ethyl adjacent to an activating group) is 1. The molecule has 1 heterocycles. The van der Waals surface area contributed by atoms with Crippen LogP contribution in [0.25, 0.3) is 10.9 Å². The fourth-order valence-corrected chi connectivity index (χ4v) is 4.71. The lowest BCUT2D eigenvalue weighted by Gasteiger charge is -2.21. The van der Waals surface area contributed by atoms with Crippen LogP contribution in [0.1, 0.15) is 25.5 Å². The molecule has 1 atom stereocenters. The maximum absolute atomic E-state index is 12.5. The third-order valence-electron chi connectivity index (χ3n) is 7.91. The van der Waals surface area contributed by atoms with Gasteiger partial charge in [-0.25, -0.2) is 9.80 Å². The molecular formula is C35H58N6O11. The molecule has 2 aromatic rings. The highest BCUT2D eigenvalue weighted by molar-refractivity contribution is 5.85. The summed E-state index contributed by atoms with van der Waals surface area (Å²) in [5, 5.41) is 17.4. The number of nitrogens with one attached hydrogen (secondary N) is 3. The van der Waals surface area contributed by atoms with E-state index in [4.69, 9.17) is 33.5 Å². The number of carbonyl (C=O) groups is 4. The van der Waals surface area contributed by atoms with Crippen molar-refractivity contribution < 1.29 is 52.7 Å². The quantitative estimate of drug-likeness (QED) is 0.0609. The Labute approximate surface area is 306 Å². The molecule has 1 aromatic heterocycles. The molecule has 0 spiro atoms. The first-order chi connectivity index (χ1) is 25.1. The summed E-state index contributed by atoms with van der Waals surface area (Å²) in [4.78, 5) is 48.6. The molecule has 0 aliphatic rings. The van der Waals surface area contributed by atoms with Crippen LogP contribution < -0.4 is 16.1 Å². The van der Waals surface area contributed by atoms with Gasteiger partial charge in [0.1, 0.15) is 6.04 Å².